The molecule has 2 amide bonds. The molecule has 5 nitrogen and oxygen atoms in total. The molecular weight excluding hydrogens is 404 g/mol. The van der Waals surface area contributed by atoms with Crippen molar-refractivity contribution in [3.05, 3.63) is 64.6 Å². The zero-order valence-electron chi connectivity index (χ0n) is 16.3. The average Bonchev–Trinajstić information content (AvgIpc) is 2.96. The van der Waals surface area contributed by atoms with Gasteiger partial charge < -0.3 is 10.1 Å². The van der Waals surface area contributed by atoms with Crippen molar-refractivity contribution in [1.82, 2.24) is 4.90 Å². The molecular formula is C22H22N2O3S2. The number of thioether (sulfide) groups is 1. The molecule has 0 bridgehead atoms. The summed E-state index contributed by atoms with van der Waals surface area (Å²) in [5, 5.41) is 2.83. The van der Waals surface area contributed by atoms with Crippen molar-refractivity contribution in [2.45, 2.75) is 20.3 Å². The third-order valence-corrected chi connectivity index (χ3v) is 5.74. The molecule has 1 fully saturated rings. The van der Waals surface area contributed by atoms with Crippen molar-refractivity contribution in [3.8, 4) is 5.75 Å². The molecule has 0 atom stereocenters. The number of anilines is 1. The Morgan fingerprint density at radius 1 is 1.21 bits per heavy atom. The number of carbonyl (C=O) groups excluding carboxylic acids is 2. The van der Waals surface area contributed by atoms with Crippen molar-refractivity contribution in [1.29, 1.82) is 0 Å². The second-order valence-electron chi connectivity index (χ2n) is 6.45. The number of carbonyl (C=O) groups is 2. The molecule has 0 saturated carbocycles. The molecule has 0 aliphatic carbocycles. The van der Waals surface area contributed by atoms with Gasteiger partial charge in [-0.15, -0.1) is 0 Å². The zero-order valence-corrected chi connectivity index (χ0v) is 17.9. The van der Waals surface area contributed by atoms with Gasteiger partial charge in [-0.05, 0) is 55.3 Å². The Hall–Kier alpha value is -2.64. The minimum absolute atomic E-state index is 0.155. The van der Waals surface area contributed by atoms with Gasteiger partial charge in [0, 0.05) is 18.7 Å². The van der Waals surface area contributed by atoms with E-state index in [0.717, 1.165) is 16.9 Å². The lowest BCUT2D eigenvalue weighted by Gasteiger charge is -2.14. The van der Waals surface area contributed by atoms with E-state index in [1.165, 1.54) is 16.7 Å². The fourth-order valence-corrected chi connectivity index (χ4v) is 4.12. The van der Waals surface area contributed by atoms with Crippen LogP contribution in [0.3, 0.4) is 0 Å². The summed E-state index contributed by atoms with van der Waals surface area (Å²) >= 11 is 6.62. The van der Waals surface area contributed by atoms with Crippen LogP contribution in [0.25, 0.3) is 6.08 Å². The number of nitrogens with one attached hydrogen (secondary N) is 1. The van der Waals surface area contributed by atoms with Crippen LogP contribution < -0.4 is 10.1 Å². The summed E-state index contributed by atoms with van der Waals surface area (Å²) in [5.41, 5.74) is 2.76. The first kappa shape index (κ1) is 21.1. The number of nitrogens with zero attached hydrogens (tertiary/aromatic N) is 1. The molecule has 3 rings (SSSR count). The first-order valence-corrected chi connectivity index (χ1v) is 10.5. The SMILES string of the molecule is CCOc1ccc(NC(=O)CCN2C(=O)/C(=C/c3ccccc3C)SC2=S)cc1. The van der Waals surface area contributed by atoms with Gasteiger partial charge in [0.25, 0.3) is 5.91 Å². The summed E-state index contributed by atoms with van der Waals surface area (Å²) in [6.45, 7) is 4.75. The molecule has 0 aromatic heterocycles. The molecule has 1 aliphatic heterocycles. The molecule has 7 heteroatoms. The number of aryl methyl sites for hydroxylation is 1. The molecule has 2 aromatic carbocycles. The predicted molar refractivity (Wildman–Crippen MR) is 122 cm³/mol. The number of rotatable bonds is 7. The molecule has 0 unspecified atom stereocenters. The molecule has 1 N–H and O–H groups in total. The van der Waals surface area contributed by atoms with Gasteiger partial charge in [0.05, 0.1) is 11.5 Å². The van der Waals surface area contributed by atoms with E-state index >= 15 is 0 Å². The lowest BCUT2D eigenvalue weighted by molar-refractivity contribution is -0.122. The van der Waals surface area contributed by atoms with Gasteiger partial charge in [-0.3, -0.25) is 14.5 Å². The van der Waals surface area contributed by atoms with Crippen LogP contribution in [-0.4, -0.2) is 34.2 Å². The van der Waals surface area contributed by atoms with Gasteiger partial charge in [-0.1, -0.05) is 48.2 Å². The maximum Gasteiger partial charge on any atom is 0.266 e. The summed E-state index contributed by atoms with van der Waals surface area (Å²) in [5.74, 6) is 0.423. The highest BCUT2D eigenvalue weighted by atomic mass is 32.2. The third kappa shape index (κ3) is 5.46. The Morgan fingerprint density at radius 2 is 1.93 bits per heavy atom. The predicted octanol–water partition coefficient (Wildman–Crippen LogP) is 4.62. The summed E-state index contributed by atoms with van der Waals surface area (Å²) < 4.78 is 5.86. The average molecular weight is 427 g/mol. The van der Waals surface area contributed by atoms with Crippen LogP contribution in [0.5, 0.6) is 5.75 Å². The number of benzene rings is 2. The standard InChI is InChI=1S/C22H22N2O3S2/c1-3-27-18-10-8-17(9-11-18)23-20(25)12-13-24-21(26)19(29-22(24)28)14-16-7-5-4-6-15(16)2/h4-11,14H,3,12-13H2,1-2H3,(H,23,25)/b19-14-. The van der Waals surface area contributed by atoms with Crippen molar-refractivity contribution in [2.24, 2.45) is 0 Å². The van der Waals surface area contributed by atoms with Crippen LogP contribution >= 0.6 is 24.0 Å². The minimum atomic E-state index is -0.175. The minimum Gasteiger partial charge on any atom is -0.494 e. The van der Waals surface area contributed by atoms with Crippen molar-refractivity contribution < 1.29 is 14.3 Å². The Kier molecular flexibility index (Phi) is 7.06. The Bertz CT molecular complexity index is 955. The molecule has 0 spiro atoms. The quantitative estimate of drug-likeness (QED) is 0.517. The Labute approximate surface area is 180 Å². The van der Waals surface area contributed by atoms with Crippen LogP contribution in [0, 0.1) is 6.92 Å². The van der Waals surface area contributed by atoms with Crippen molar-refractivity contribution in [3.63, 3.8) is 0 Å². The van der Waals surface area contributed by atoms with Gasteiger partial charge in [0.1, 0.15) is 10.1 Å². The maximum atomic E-state index is 12.7. The van der Waals surface area contributed by atoms with Crippen LogP contribution in [0.15, 0.2) is 53.4 Å². The molecule has 0 radical (unpaired) electrons. The Morgan fingerprint density at radius 3 is 2.62 bits per heavy atom. The molecule has 29 heavy (non-hydrogen) atoms. The summed E-state index contributed by atoms with van der Waals surface area (Å²) in [6.07, 6.45) is 2.02. The second-order valence-corrected chi connectivity index (χ2v) is 8.12. The lowest BCUT2D eigenvalue weighted by Crippen LogP contribution is -2.31. The normalized spacial score (nSPS) is 15.1. The van der Waals surface area contributed by atoms with E-state index in [9.17, 15) is 9.59 Å². The number of thiocarbonyl (C=S) groups is 1. The number of hydrogen-bond donors (Lipinski definition) is 1. The van der Waals surface area contributed by atoms with E-state index in [0.29, 0.717) is 21.5 Å². The maximum absolute atomic E-state index is 12.7. The van der Waals surface area contributed by atoms with Gasteiger partial charge >= 0.3 is 0 Å². The van der Waals surface area contributed by atoms with E-state index in [4.69, 9.17) is 17.0 Å². The van der Waals surface area contributed by atoms with Crippen molar-refractivity contribution >= 4 is 51.9 Å². The second kappa shape index (κ2) is 9.71. The summed E-state index contributed by atoms with van der Waals surface area (Å²) in [7, 11) is 0. The highest BCUT2D eigenvalue weighted by Gasteiger charge is 2.32. The van der Waals surface area contributed by atoms with Crippen LogP contribution in [0.1, 0.15) is 24.5 Å². The van der Waals surface area contributed by atoms with E-state index in [-0.39, 0.29) is 24.8 Å². The molecule has 1 saturated heterocycles. The van der Waals surface area contributed by atoms with Crippen LogP contribution in [0.2, 0.25) is 0 Å². The number of hydrogen-bond acceptors (Lipinski definition) is 5. The summed E-state index contributed by atoms with van der Waals surface area (Å²) in [4.78, 5) is 27.0. The van der Waals surface area contributed by atoms with E-state index in [1.54, 1.807) is 24.3 Å². The monoisotopic (exact) mass is 426 g/mol. The first-order valence-electron chi connectivity index (χ1n) is 9.31. The van der Waals surface area contributed by atoms with Gasteiger partial charge in [-0.25, -0.2) is 0 Å². The fraction of sp³-hybridized carbons (Fsp3) is 0.227. The Balaban J connectivity index is 1.57. The summed E-state index contributed by atoms with van der Waals surface area (Å²) in [6, 6.07) is 15.0. The van der Waals surface area contributed by atoms with Gasteiger partial charge in [0.15, 0.2) is 0 Å². The van der Waals surface area contributed by atoms with E-state index < -0.39 is 0 Å². The number of amides is 2. The molecule has 150 valence electrons. The van der Waals surface area contributed by atoms with Gasteiger partial charge in [-0.2, -0.15) is 0 Å². The largest absolute Gasteiger partial charge is 0.494 e. The first-order chi connectivity index (χ1) is 14.0. The molecule has 2 aromatic rings. The van der Waals surface area contributed by atoms with E-state index in [2.05, 4.69) is 5.32 Å². The lowest BCUT2D eigenvalue weighted by atomic mass is 10.1. The van der Waals surface area contributed by atoms with Crippen LogP contribution in [-0.2, 0) is 9.59 Å². The highest BCUT2D eigenvalue weighted by molar-refractivity contribution is 8.26. The molecule has 1 aliphatic rings. The number of ether oxygens (including phenoxy) is 1. The highest BCUT2D eigenvalue weighted by Crippen LogP contribution is 2.33. The smallest absolute Gasteiger partial charge is 0.266 e. The molecule has 1 heterocycles. The van der Waals surface area contributed by atoms with Crippen molar-refractivity contribution in [2.75, 3.05) is 18.5 Å². The zero-order chi connectivity index (χ0) is 20.8. The fourth-order valence-electron chi connectivity index (χ4n) is 2.82. The van der Waals surface area contributed by atoms with Crippen LogP contribution in [0.4, 0.5) is 5.69 Å². The van der Waals surface area contributed by atoms with Gasteiger partial charge in [0.2, 0.25) is 5.91 Å². The topological polar surface area (TPSA) is 58.6 Å². The van der Waals surface area contributed by atoms with E-state index in [1.807, 2.05) is 44.2 Å². The third-order valence-electron chi connectivity index (χ3n) is 4.36.